The van der Waals surface area contributed by atoms with Crippen LogP contribution in [0.2, 0.25) is 0 Å². The third-order valence-corrected chi connectivity index (χ3v) is 5.28. The molecule has 0 spiro atoms. The molecule has 0 unspecified atom stereocenters. The van der Waals surface area contributed by atoms with Crippen LogP contribution in [-0.2, 0) is 17.8 Å². The molecule has 1 N–H and O–H groups in total. The van der Waals surface area contributed by atoms with Crippen LogP contribution in [0.15, 0.2) is 72.4 Å². The maximum atomic E-state index is 12.4. The maximum absolute atomic E-state index is 12.4. The molecule has 0 bridgehead atoms. The maximum Gasteiger partial charge on any atom is 0.234 e. The standard InChI is InChI=1S/C22H25N5OS/c1-4-14-27-20(15-17-8-6-5-7-9-17)24-25-22(27)29-16-21(28)23-18-10-12-19(13-11-18)26(2)3/h4-13H,1,14-16H2,2-3H3,(H,23,28). The quantitative estimate of drug-likeness (QED) is 0.431. The summed E-state index contributed by atoms with van der Waals surface area (Å²) in [6.45, 7) is 4.43. The van der Waals surface area contributed by atoms with Gasteiger partial charge in [-0.3, -0.25) is 4.79 Å². The van der Waals surface area contributed by atoms with Crippen LogP contribution in [0.25, 0.3) is 0 Å². The molecule has 6 nitrogen and oxygen atoms in total. The van der Waals surface area contributed by atoms with E-state index in [0.29, 0.717) is 18.1 Å². The first-order valence-corrected chi connectivity index (χ1v) is 10.3. The fourth-order valence-corrected chi connectivity index (χ4v) is 3.58. The highest BCUT2D eigenvalue weighted by molar-refractivity contribution is 7.99. The highest BCUT2D eigenvalue weighted by Gasteiger charge is 2.14. The molecule has 1 amide bonds. The Bertz CT molecular complexity index is 951. The molecule has 3 aromatic rings. The van der Waals surface area contributed by atoms with E-state index in [9.17, 15) is 4.79 Å². The van der Waals surface area contributed by atoms with Gasteiger partial charge in [0.1, 0.15) is 5.82 Å². The van der Waals surface area contributed by atoms with E-state index in [1.165, 1.54) is 17.3 Å². The molecule has 3 rings (SSSR count). The van der Waals surface area contributed by atoms with Crippen molar-refractivity contribution in [2.75, 3.05) is 30.1 Å². The Morgan fingerprint density at radius 2 is 1.86 bits per heavy atom. The van der Waals surface area contributed by atoms with Crippen LogP contribution in [-0.4, -0.2) is 40.5 Å². The zero-order chi connectivity index (χ0) is 20.6. The van der Waals surface area contributed by atoms with Crippen molar-refractivity contribution < 1.29 is 4.79 Å². The van der Waals surface area contributed by atoms with Crippen LogP contribution in [0.4, 0.5) is 11.4 Å². The average Bonchev–Trinajstić information content (AvgIpc) is 3.09. The fraction of sp³-hybridized carbons (Fsp3) is 0.227. The van der Waals surface area contributed by atoms with Gasteiger partial charge in [-0.15, -0.1) is 16.8 Å². The van der Waals surface area contributed by atoms with Gasteiger partial charge in [0, 0.05) is 38.4 Å². The summed E-state index contributed by atoms with van der Waals surface area (Å²) in [7, 11) is 3.96. The molecule has 0 saturated carbocycles. The monoisotopic (exact) mass is 407 g/mol. The number of thioether (sulfide) groups is 1. The number of aromatic nitrogens is 3. The van der Waals surface area contributed by atoms with E-state index in [1.807, 2.05) is 72.1 Å². The Labute approximate surface area is 175 Å². The summed E-state index contributed by atoms with van der Waals surface area (Å²) in [5.74, 6) is 1.04. The van der Waals surface area contributed by atoms with E-state index in [1.54, 1.807) is 0 Å². The smallest absolute Gasteiger partial charge is 0.234 e. The Kier molecular flexibility index (Phi) is 7.08. The van der Waals surface area contributed by atoms with Gasteiger partial charge in [-0.25, -0.2) is 0 Å². The number of amides is 1. The largest absolute Gasteiger partial charge is 0.378 e. The number of carbonyl (C=O) groups is 1. The molecule has 0 aliphatic rings. The minimum Gasteiger partial charge on any atom is -0.378 e. The second-order valence-electron chi connectivity index (χ2n) is 6.74. The van der Waals surface area contributed by atoms with Gasteiger partial charge in [0.25, 0.3) is 0 Å². The van der Waals surface area contributed by atoms with Gasteiger partial charge in [-0.1, -0.05) is 48.2 Å². The van der Waals surface area contributed by atoms with E-state index in [0.717, 1.165) is 17.2 Å². The highest BCUT2D eigenvalue weighted by Crippen LogP contribution is 2.20. The SMILES string of the molecule is C=CCn1c(Cc2ccccc2)nnc1SCC(=O)Nc1ccc(N(C)C)cc1. The van der Waals surface area contributed by atoms with E-state index in [2.05, 4.69) is 34.2 Å². The Hall–Kier alpha value is -3.06. The summed E-state index contributed by atoms with van der Waals surface area (Å²) < 4.78 is 2.00. The number of hydrogen-bond donors (Lipinski definition) is 1. The van der Waals surface area contributed by atoms with Crippen LogP contribution >= 0.6 is 11.8 Å². The summed E-state index contributed by atoms with van der Waals surface area (Å²) >= 11 is 1.38. The number of rotatable bonds is 9. The normalized spacial score (nSPS) is 10.6. The lowest BCUT2D eigenvalue weighted by Gasteiger charge is -2.13. The lowest BCUT2D eigenvalue weighted by atomic mass is 10.1. The number of hydrogen-bond acceptors (Lipinski definition) is 5. The third-order valence-electron chi connectivity index (χ3n) is 4.31. The van der Waals surface area contributed by atoms with Crippen molar-refractivity contribution in [3.05, 3.63) is 78.6 Å². The van der Waals surface area contributed by atoms with E-state index in [4.69, 9.17) is 0 Å². The van der Waals surface area contributed by atoms with Crippen molar-refractivity contribution in [3.8, 4) is 0 Å². The minimum atomic E-state index is -0.0784. The van der Waals surface area contributed by atoms with Crippen molar-refractivity contribution in [1.82, 2.24) is 14.8 Å². The summed E-state index contributed by atoms with van der Waals surface area (Å²) in [6, 6.07) is 17.9. The van der Waals surface area contributed by atoms with E-state index >= 15 is 0 Å². The summed E-state index contributed by atoms with van der Waals surface area (Å²) in [4.78, 5) is 14.4. The molecule has 2 aromatic carbocycles. The van der Waals surface area contributed by atoms with Gasteiger partial charge >= 0.3 is 0 Å². The second kappa shape index (κ2) is 9.93. The Morgan fingerprint density at radius 1 is 1.14 bits per heavy atom. The lowest BCUT2D eigenvalue weighted by Crippen LogP contribution is -2.15. The van der Waals surface area contributed by atoms with Crippen molar-refractivity contribution in [3.63, 3.8) is 0 Å². The molecule has 29 heavy (non-hydrogen) atoms. The molecule has 0 radical (unpaired) electrons. The first kappa shape index (κ1) is 20.7. The lowest BCUT2D eigenvalue weighted by molar-refractivity contribution is -0.113. The number of allylic oxidation sites excluding steroid dienone is 1. The average molecular weight is 408 g/mol. The van der Waals surface area contributed by atoms with Gasteiger partial charge < -0.3 is 14.8 Å². The summed E-state index contributed by atoms with van der Waals surface area (Å²) in [5, 5.41) is 12.2. The summed E-state index contributed by atoms with van der Waals surface area (Å²) in [5.41, 5.74) is 3.03. The van der Waals surface area contributed by atoms with Crippen LogP contribution in [0, 0.1) is 0 Å². The van der Waals surface area contributed by atoms with Crippen LogP contribution in [0.1, 0.15) is 11.4 Å². The predicted molar refractivity (Wildman–Crippen MR) is 120 cm³/mol. The first-order chi connectivity index (χ1) is 14.1. The predicted octanol–water partition coefficient (Wildman–Crippen LogP) is 3.85. The zero-order valence-electron chi connectivity index (χ0n) is 16.7. The first-order valence-electron chi connectivity index (χ1n) is 9.33. The molecule has 1 heterocycles. The van der Waals surface area contributed by atoms with Crippen LogP contribution < -0.4 is 10.2 Å². The summed E-state index contributed by atoms with van der Waals surface area (Å²) in [6.07, 6.45) is 2.50. The van der Waals surface area contributed by atoms with Crippen molar-refractivity contribution in [2.45, 2.75) is 18.1 Å². The second-order valence-corrected chi connectivity index (χ2v) is 7.68. The van der Waals surface area contributed by atoms with E-state index < -0.39 is 0 Å². The number of benzene rings is 2. The third kappa shape index (κ3) is 5.71. The van der Waals surface area contributed by atoms with Gasteiger partial charge in [-0.05, 0) is 29.8 Å². The van der Waals surface area contributed by atoms with Gasteiger partial charge in [-0.2, -0.15) is 0 Å². The Balaban J connectivity index is 1.62. The van der Waals surface area contributed by atoms with Crippen molar-refractivity contribution in [2.24, 2.45) is 0 Å². The Morgan fingerprint density at radius 3 is 2.52 bits per heavy atom. The highest BCUT2D eigenvalue weighted by atomic mass is 32.2. The zero-order valence-corrected chi connectivity index (χ0v) is 17.5. The van der Waals surface area contributed by atoms with Crippen molar-refractivity contribution in [1.29, 1.82) is 0 Å². The molecule has 0 fully saturated rings. The number of nitrogens with zero attached hydrogens (tertiary/aromatic N) is 4. The van der Waals surface area contributed by atoms with Crippen LogP contribution in [0.3, 0.4) is 0 Å². The topological polar surface area (TPSA) is 63.1 Å². The van der Waals surface area contributed by atoms with Crippen molar-refractivity contribution >= 4 is 29.0 Å². The molecule has 0 aliphatic carbocycles. The van der Waals surface area contributed by atoms with Gasteiger partial charge in [0.05, 0.1) is 5.75 Å². The molecule has 0 saturated heterocycles. The van der Waals surface area contributed by atoms with Gasteiger partial charge in [0.15, 0.2) is 5.16 Å². The molecule has 0 atom stereocenters. The molecule has 150 valence electrons. The molecule has 7 heteroatoms. The molecule has 1 aromatic heterocycles. The fourth-order valence-electron chi connectivity index (χ4n) is 2.82. The number of nitrogens with one attached hydrogen (secondary N) is 1. The number of anilines is 2. The van der Waals surface area contributed by atoms with Crippen LogP contribution in [0.5, 0.6) is 0 Å². The molecule has 0 aliphatic heterocycles. The molecular formula is C22H25N5OS. The number of carbonyl (C=O) groups excluding carboxylic acids is 1. The van der Waals surface area contributed by atoms with E-state index in [-0.39, 0.29) is 11.7 Å². The minimum absolute atomic E-state index is 0.0784. The molecular weight excluding hydrogens is 382 g/mol. The van der Waals surface area contributed by atoms with Gasteiger partial charge in [0.2, 0.25) is 5.91 Å².